The summed E-state index contributed by atoms with van der Waals surface area (Å²) in [7, 11) is 0. The number of likely N-dealkylation sites (tertiary alicyclic amines) is 1. The fraction of sp³-hybridized carbons (Fsp3) is 0.333. The molecule has 154 valence electrons. The highest BCUT2D eigenvalue weighted by Gasteiger charge is 2.32. The molecule has 0 atom stereocenters. The summed E-state index contributed by atoms with van der Waals surface area (Å²) in [5, 5.41) is 4.15. The van der Waals surface area contributed by atoms with Gasteiger partial charge in [0.15, 0.2) is 0 Å². The molecular weight excluding hydrogens is 376 g/mol. The SMILES string of the molecule is O=C(Nc1ccccc1)N1CCC(C(=O)N2CCc3[nH]c4ccccc4c3C2)CC1. The van der Waals surface area contributed by atoms with Gasteiger partial charge in [0.25, 0.3) is 0 Å². The van der Waals surface area contributed by atoms with Crippen molar-refractivity contribution >= 4 is 28.5 Å². The maximum absolute atomic E-state index is 13.2. The molecule has 5 rings (SSSR count). The van der Waals surface area contributed by atoms with Crippen LogP contribution in [0.5, 0.6) is 0 Å². The Kier molecular flexibility index (Phi) is 4.91. The van der Waals surface area contributed by atoms with Crippen molar-refractivity contribution in [1.82, 2.24) is 14.8 Å². The van der Waals surface area contributed by atoms with E-state index in [-0.39, 0.29) is 17.9 Å². The number of H-pyrrole nitrogens is 1. The summed E-state index contributed by atoms with van der Waals surface area (Å²) in [5.74, 6) is 0.228. The largest absolute Gasteiger partial charge is 0.358 e. The number of para-hydroxylation sites is 2. The van der Waals surface area contributed by atoms with Crippen molar-refractivity contribution in [3.63, 3.8) is 0 Å². The lowest BCUT2D eigenvalue weighted by Crippen LogP contribution is -2.46. The highest BCUT2D eigenvalue weighted by atomic mass is 16.2. The number of hydrogen-bond acceptors (Lipinski definition) is 2. The molecular formula is C24H26N4O2. The molecule has 2 N–H and O–H groups in total. The highest BCUT2D eigenvalue weighted by molar-refractivity contribution is 5.90. The van der Waals surface area contributed by atoms with E-state index >= 15 is 0 Å². The van der Waals surface area contributed by atoms with Crippen molar-refractivity contribution in [2.45, 2.75) is 25.8 Å². The quantitative estimate of drug-likeness (QED) is 0.680. The van der Waals surface area contributed by atoms with Crippen LogP contribution in [0.4, 0.5) is 10.5 Å². The van der Waals surface area contributed by atoms with Crippen molar-refractivity contribution in [3.05, 3.63) is 65.9 Å². The zero-order valence-corrected chi connectivity index (χ0v) is 16.9. The van der Waals surface area contributed by atoms with Crippen molar-refractivity contribution in [1.29, 1.82) is 0 Å². The minimum Gasteiger partial charge on any atom is -0.358 e. The van der Waals surface area contributed by atoms with Crippen LogP contribution in [0, 0.1) is 5.92 Å². The molecule has 0 unspecified atom stereocenters. The third-order valence-corrected chi connectivity index (χ3v) is 6.35. The first kappa shape index (κ1) is 18.7. The molecule has 3 aromatic rings. The van der Waals surface area contributed by atoms with E-state index in [2.05, 4.69) is 22.4 Å². The second-order valence-corrected chi connectivity index (χ2v) is 8.19. The Morgan fingerprint density at radius 2 is 1.63 bits per heavy atom. The van der Waals surface area contributed by atoms with Gasteiger partial charge in [-0.3, -0.25) is 4.79 Å². The summed E-state index contributed by atoms with van der Waals surface area (Å²) in [6, 6.07) is 17.7. The summed E-state index contributed by atoms with van der Waals surface area (Å²) in [5.41, 5.74) is 4.45. The van der Waals surface area contributed by atoms with Crippen LogP contribution in [0.1, 0.15) is 24.1 Å². The third-order valence-electron chi connectivity index (χ3n) is 6.35. The van der Waals surface area contributed by atoms with Gasteiger partial charge in [0.1, 0.15) is 0 Å². The van der Waals surface area contributed by atoms with Gasteiger partial charge >= 0.3 is 6.03 Å². The van der Waals surface area contributed by atoms with Gasteiger partial charge in [-0.25, -0.2) is 4.79 Å². The highest BCUT2D eigenvalue weighted by Crippen LogP contribution is 2.29. The minimum absolute atomic E-state index is 0.00229. The van der Waals surface area contributed by atoms with Gasteiger partial charge in [-0.15, -0.1) is 0 Å². The van der Waals surface area contributed by atoms with Crippen LogP contribution in [0.25, 0.3) is 10.9 Å². The van der Waals surface area contributed by atoms with E-state index in [9.17, 15) is 9.59 Å². The van der Waals surface area contributed by atoms with Crippen LogP contribution < -0.4 is 5.32 Å². The molecule has 1 fully saturated rings. The van der Waals surface area contributed by atoms with Gasteiger partial charge in [0.2, 0.25) is 5.91 Å². The number of aromatic amines is 1. The van der Waals surface area contributed by atoms with E-state index in [0.717, 1.165) is 37.0 Å². The van der Waals surface area contributed by atoms with E-state index < -0.39 is 0 Å². The summed E-state index contributed by atoms with van der Waals surface area (Å²) in [6.07, 6.45) is 2.31. The zero-order valence-electron chi connectivity index (χ0n) is 16.9. The van der Waals surface area contributed by atoms with E-state index in [1.54, 1.807) is 0 Å². The second kappa shape index (κ2) is 7.86. The van der Waals surface area contributed by atoms with Gasteiger partial charge in [-0.1, -0.05) is 36.4 Å². The molecule has 2 aliphatic heterocycles. The van der Waals surface area contributed by atoms with Gasteiger partial charge in [0.05, 0.1) is 0 Å². The molecule has 30 heavy (non-hydrogen) atoms. The smallest absolute Gasteiger partial charge is 0.321 e. The fourth-order valence-electron chi connectivity index (χ4n) is 4.67. The molecule has 6 heteroatoms. The van der Waals surface area contributed by atoms with E-state index in [4.69, 9.17) is 0 Å². The molecule has 3 amide bonds. The molecule has 2 aromatic carbocycles. The third kappa shape index (κ3) is 3.54. The number of urea groups is 1. The number of nitrogens with one attached hydrogen (secondary N) is 2. The molecule has 0 bridgehead atoms. The van der Waals surface area contributed by atoms with Gasteiger partial charge in [0, 0.05) is 66.4 Å². The maximum Gasteiger partial charge on any atom is 0.321 e. The summed E-state index contributed by atoms with van der Waals surface area (Å²) < 4.78 is 0. The molecule has 1 aromatic heterocycles. The van der Waals surface area contributed by atoms with Crippen LogP contribution in [-0.4, -0.2) is 46.4 Å². The molecule has 6 nitrogen and oxygen atoms in total. The van der Waals surface area contributed by atoms with Crippen molar-refractivity contribution in [2.24, 2.45) is 5.92 Å². The zero-order chi connectivity index (χ0) is 20.5. The Morgan fingerprint density at radius 3 is 2.43 bits per heavy atom. The summed E-state index contributed by atoms with van der Waals surface area (Å²) in [6.45, 7) is 2.66. The first-order chi connectivity index (χ1) is 14.7. The molecule has 0 aliphatic carbocycles. The normalized spacial score (nSPS) is 17.1. The molecule has 0 spiro atoms. The van der Waals surface area contributed by atoms with Crippen LogP contribution in [-0.2, 0) is 17.8 Å². The topological polar surface area (TPSA) is 68.4 Å². The number of rotatable bonds is 2. The number of aromatic nitrogens is 1. The van der Waals surface area contributed by atoms with Crippen LogP contribution in [0.2, 0.25) is 0 Å². The first-order valence-corrected chi connectivity index (χ1v) is 10.7. The molecule has 0 radical (unpaired) electrons. The predicted molar refractivity (Wildman–Crippen MR) is 117 cm³/mol. The number of carbonyl (C=O) groups is 2. The monoisotopic (exact) mass is 402 g/mol. The maximum atomic E-state index is 13.2. The number of anilines is 1. The average molecular weight is 402 g/mol. The van der Waals surface area contributed by atoms with Gasteiger partial charge in [-0.05, 0) is 31.0 Å². The lowest BCUT2D eigenvalue weighted by Gasteiger charge is -2.35. The summed E-state index contributed by atoms with van der Waals surface area (Å²) >= 11 is 0. The Bertz CT molecular complexity index is 1070. The van der Waals surface area contributed by atoms with E-state index in [0.29, 0.717) is 19.6 Å². The number of nitrogens with zero attached hydrogens (tertiary/aromatic N) is 2. The number of amides is 3. The summed E-state index contributed by atoms with van der Waals surface area (Å²) in [4.78, 5) is 33.0. The van der Waals surface area contributed by atoms with Crippen molar-refractivity contribution in [3.8, 4) is 0 Å². The Hall–Kier alpha value is -3.28. The fourth-order valence-corrected chi connectivity index (χ4v) is 4.67. The number of hydrogen-bond donors (Lipinski definition) is 2. The second-order valence-electron chi connectivity index (χ2n) is 8.19. The standard InChI is InChI=1S/C24H26N4O2/c29-23(28-15-12-22-20(16-28)19-8-4-5-9-21(19)26-22)17-10-13-27(14-11-17)24(30)25-18-6-2-1-3-7-18/h1-9,17,26H,10-16H2,(H,25,30). The molecule has 0 saturated carbocycles. The molecule has 1 saturated heterocycles. The van der Waals surface area contributed by atoms with Crippen LogP contribution in [0.3, 0.4) is 0 Å². The van der Waals surface area contributed by atoms with Crippen LogP contribution >= 0.6 is 0 Å². The molecule has 2 aliphatic rings. The molecule has 3 heterocycles. The Morgan fingerprint density at radius 1 is 0.900 bits per heavy atom. The van der Waals surface area contributed by atoms with E-state index in [1.165, 1.54) is 16.6 Å². The minimum atomic E-state index is -0.0893. The number of piperidine rings is 1. The average Bonchev–Trinajstić information content (AvgIpc) is 3.17. The Labute approximate surface area is 175 Å². The van der Waals surface area contributed by atoms with Crippen LogP contribution in [0.15, 0.2) is 54.6 Å². The van der Waals surface area contributed by atoms with E-state index in [1.807, 2.05) is 52.3 Å². The van der Waals surface area contributed by atoms with Gasteiger partial charge in [-0.2, -0.15) is 0 Å². The van der Waals surface area contributed by atoms with Gasteiger partial charge < -0.3 is 20.1 Å². The van der Waals surface area contributed by atoms with Crippen molar-refractivity contribution < 1.29 is 9.59 Å². The Balaban J connectivity index is 1.20. The predicted octanol–water partition coefficient (Wildman–Crippen LogP) is 4.00. The number of fused-ring (bicyclic) bond motifs is 3. The first-order valence-electron chi connectivity index (χ1n) is 10.7. The van der Waals surface area contributed by atoms with Crippen molar-refractivity contribution in [2.75, 3.05) is 25.0 Å². The lowest BCUT2D eigenvalue weighted by molar-refractivity contribution is -0.137. The lowest BCUT2D eigenvalue weighted by atomic mass is 9.94. The number of benzene rings is 2. The number of carbonyl (C=O) groups excluding carboxylic acids is 2.